The molecule has 1 aromatic heterocycles. The van der Waals surface area contributed by atoms with Crippen molar-refractivity contribution in [2.45, 2.75) is 25.4 Å². The maximum Gasteiger partial charge on any atom is 0.262 e. The minimum Gasteiger partial charge on any atom is -0.399 e. The highest BCUT2D eigenvalue weighted by Gasteiger charge is 2.44. The highest BCUT2D eigenvalue weighted by Crippen LogP contribution is 2.29. The van der Waals surface area contributed by atoms with Crippen molar-refractivity contribution in [3.05, 3.63) is 53.3 Å². The predicted molar refractivity (Wildman–Crippen MR) is 99.1 cm³/mol. The van der Waals surface area contributed by atoms with Gasteiger partial charge >= 0.3 is 0 Å². The topological polar surface area (TPSA) is 134 Å². The predicted octanol–water partition coefficient (Wildman–Crippen LogP) is 0.677. The van der Waals surface area contributed by atoms with Crippen LogP contribution in [0, 0.1) is 0 Å². The summed E-state index contributed by atoms with van der Waals surface area (Å²) in [5.74, 6) is -2.10. The zero-order valence-corrected chi connectivity index (χ0v) is 14.8. The number of nitrogens with one attached hydrogen (secondary N) is 2. The molecule has 2 aromatic rings. The highest BCUT2D eigenvalue weighted by molar-refractivity contribution is 6.23. The molecule has 4 N–H and O–H groups in total. The highest BCUT2D eigenvalue weighted by atomic mass is 16.2. The summed E-state index contributed by atoms with van der Waals surface area (Å²) in [6.45, 7) is 0.392. The first-order valence-corrected chi connectivity index (χ1v) is 8.74. The van der Waals surface area contributed by atoms with E-state index in [4.69, 9.17) is 5.73 Å². The summed E-state index contributed by atoms with van der Waals surface area (Å²) in [5, 5.41) is 5.31. The van der Waals surface area contributed by atoms with Crippen molar-refractivity contribution in [3.63, 3.8) is 0 Å². The third-order valence-electron chi connectivity index (χ3n) is 4.75. The number of imide groups is 2. The van der Waals surface area contributed by atoms with E-state index in [0.29, 0.717) is 17.9 Å². The Morgan fingerprint density at radius 3 is 2.64 bits per heavy atom. The molecule has 1 saturated heterocycles. The van der Waals surface area contributed by atoms with Gasteiger partial charge in [0, 0.05) is 24.0 Å². The Morgan fingerprint density at radius 1 is 1.11 bits per heavy atom. The summed E-state index contributed by atoms with van der Waals surface area (Å²) >= 11 is 0. The zero-order valence-electron chi connectivity index (χ0n) is 14.8. The maximum absolute atomic E-state index is 12.8. The number of piperidine rings is 1. The smallest absolute Gasteiger partial charge is 0.262 e. The van der Waals surface area contributed by atoms with Crippen LogP contribution in [0.4, 0.5) is 11.4 Å². The number of nitrogens with zero attached hydrogens (tertiary/aromatic N) is 2. The van der Waals surface area contributed by atoms with E-state index in [1.165, 1.54) is 0 Å². The van der Waals surface area contributed by atoms with E-state index in [2.05, 4.69) is 15.6 Å². The second kappa shape index (κ2) is 6.76. The number of aromatic nitrogens is 1. The number of fused-ring (bicyclic) bond motifs is 1. The minimum absolute atomic E-state index is 0.0871. The van der Waals surface area contributed by atoms with E-state index in [0.717, 1.165) is 10.6 Å². The van der Waals surface area contributed by atoms with Gasteiger partial charge < -0.3 is 11.1 Å². The molecule has 1 unspecified atom stereocenters. The fourth-order valence-corrected chi connectivity index (χ4v) is 3.37. The second-order valence-corrected chi connectivity index (χ2v) is 6.64. The molecule has 0 aliphatic carbocycles. The zero-order chi connectivity index (χ0) is 19.8. The second-order valence-electron chi connectivity index (χ2n) is 6.64. The number of hydrogen-bond acceptors (Lipinski definition) is 7. The number of carbonyl (C=O) groups is 4. The SMILES string of the molecule is Nc1ccnc(CNc2ccc3c(c2)C(=O)N(C2CCC(=O)NC2=O)C3=O)c1. The van der Waals surface area contributed by atoms with Crippen LogP contribution in [0.25, 0.3) is 0 Å². The summed E-state index contributed by atoms with van der Waals surface area (Å²) in [6.07, 6.45) is 1.82. The number of anilines is 2. The molecule has 0 spiro atoms. The van der Waals surface area contributed by atoms with E-state index in [9.17, 15) is 19.2 Å². The van der Waals surface area contributed by atoms with Crippen molar-refractivity contribution in [2.24, 2.45) is 0 Å². The molecule has 4 amide bonds. The quantitative estimate of drug-likeness (QED) is 0.665. The first-order chi connectivity index (χ1) is 13.4. The lowest BCUT2D eigenvalue weighted by Crippen LogP contribution is -2.54. The standard InChI is InChI=1S/C19H17N5O4/c20-10-5-6-21-12(7-10)9-22-11-1-2-13-14(8-11)19(28)24(18(13)27)15-3-4-16(25)23-17(15)26/h1-2,5-8,15,22H,3-4,9H2,(H2,20,21)(H,23,25,26). The molecule has 28 heavy (non-hydrogen) atoms. The van der Waals surface area contributed by atoms with Gasteiger partial charge in [0.25, 0.3) is 11.8 Å². The first-order valence-electron chi connectivity index (χ1n) is 8.74. The average Bonchev–Trinajstić information content (AvgIpc) is 2.91. The molecule has 1 aromatic carbocycles. The normalized spacial score (nSPS) is 18.9. The number of benzene rings is 1. The molecule has 3 heterocycles. The molecule has 9 heteroatoms. The van der Waals surface area contributed by atoms with Gasteiger partial charge in [0.15, 0.2) is 0 Å². The van der Waals surface area contributed by atoms with Gasteiger partial charge in [0.2, 0.25) is 11.8 Å². The summed E-state index contributed by atoms with van der Waals surface area (Å²) < 4.78 is 0. The number of carbonyl (C=O) groups excluding carboxylic acids is 4. The summed E-state index contributed by atoms with van der Waals surface area (Å²) in [5.41, 5.74) is 8.15. The van der Waals surface area contributed by atoms with E-state index < -0.39 is 29.7 Å². The Kier molecular flexibility index (Phi) is 4.26. The lowest BCUT2D eigenvalue weighted by atomic mass is 10.0. The molecule has 2 aliphatic heterocycles. The molecule has 0 saturated carbocycles. The van der Waals surface area contributed by atoms with Crippen LogP contribution in [0.15, 0.2) is 36.5 Å². The van der Waals surface area contributed by atoms with Crippen molar-refractivity contribution in [1.29, 1.82) is 0 Å². The molecule has 4 rings (SSSR count). The van der Waals surface area contributed by atoms with Gasteiger partial charge in [-0.2, -0.15) is 0 Å². The average molecular weight is 379 g/mol. The molecule has 0 radical (unpaired) electrons. The molecule has 1 fully saturated rings. The van der Waals surface area contributed by atoms with Gasteiger partial charge in [-0.1, -0.05) is 0 Å². The summed E-state index contributed by atoms with van der Waals surface area (Å²) in [7, 11) is 0. The minimum atomic E-state index is -0.974. The largest absolute Gasteiger partial charge is 0.399 e. The van der Waals surface area contributed by atoms with Crippen LogP contribution in [0.2, 0.25) is 0 Å². The summed E-state index contributed by atoms with van der Waals surface area (Å²) in [6, 6.07) is 7.26. The Morgan fingerprint density at radius 2 is 1.89 bits per heavy atom. The van der Waals surface area contributed by atoms with E-state index >= 15 is 0 Å². The van der Waals surface area contributed by atoms with Crippen molar-refractivity contribution >= 4 is 35.0 Å². The molecule has 142 valence electrons. The van der Waals surface area contributed by atoms with Crippen LogP contribution in [-0.2, 0) is 16.1 Å². The molecular formula is C19H17N5O4. The van der Waals surface area contributed by atoms with Crippen LogP contribution in [-0.4, -0.2) is 39.6 Å². The third-order valence-corrected chi connectivity index (χ3v) is 4.75. The first kappa shape index (κ1) is 17.7. The molecule has 9 nitrogen and oxygen atoms in total. The molecule has 0 bridgehead atoms. The lowest BCUT2D eigenvalue weighted by Gasteiger charge is -2.27. The maximum atomic E-state index is 12.8. The third kappa shape index (κ3) is 3.07. The number of hydrogen-bond donors (Lipinski definition) is 3. The Labute approximate surface area is 159 Å². The van der Waals surface area contributed by atoms with Gasteiger partial charge in [-0.15, -0.1) is 0 Å². The number of pyridine rings is 1. The van der Waals surface area contributed by atoms with Crippen LogP contribution >= 0.6 is 0 Å². The lowest BCUT2D eigenvalue weighted by molar-refractivity contribution is -0.136. The molecule has 2 aliphatic rings. The number of nitrogens with two attached hydrogens (primary N) is 1. The Bertz CT molecular complexity index is 1020. The van der Waals surface area contributed by atoms with Gasteiger partial charge in [0.1, 0.15) is 6.04 Å². The van der Waals surface area contributed by atoms with Crippen LogP contribution < -0.4 is 16.4 Å². The fourth-order valence-electron chi connectivity index (χ4n) is 3.37. The van der Waals surface area contributed by atoms with E-state index in [-0.39, 0.29) is 24.0 Å². The van der Waals surface area contributed by atoms with Gasteiger partial charge in [-0.3, -0.25) is 34.4 Å². The number of rotatable bonds is 4. The van der Waals surface area contributed by atoms with Crippen LogP contribution in [0.1, 0.15) is 39.3 Å². The van der Waals surface area contributed by atoms with E-state index in [1.807, 2.05) is 0 Å². The fraction of sp³-hybridized carbons (Fsp3) is 0.211. The van der Waals surface area contributed by atoms with Crippen molar-refractivity contribution in [3.8, 4) is 0 Å². The van der Waals surface area contributed by atoms with Gasteiger partial charge in [-0.25, -0.2) is 0 Å². The molecular weight excluding hydrogens is 362 g/mol. The monoisotopic (exact) mass is 379 g/mol. The van der Waals surface area contributed by atoms with Crippen LogP contribution in [0.3, 0.4) is 0 Å². The van der Waals surface area contributed by atoms with E-state index in [1.54, 1.807) is 36.5 Å². The number of nitrogen functional groups attached to an aromatic ring is 1. The summed E-state index contributed by atoms with van der Waals surface area (Å²) in [4.78, 5) is 54.0. The van der Waals surface area contributed by atoms with Crippen molar-refractivity contribution in [1.82, 2.24) is 15.2 Å². The Hall–Kier alpha value is -3.75. The van der Waals surface area contributed by atoms with Gasteiger partial charge in [0.05, 0.1) is 23.4 Å². The number of amides is 4. The molecule has 1 atom stereocenters. The Balaban J connectivity index is 1.54. The van der Waals surface area contributed by atoms with Crippen molar-refractivity contribution in [2.75, 3.05) is 11.1 Å². The van der Waals surface area contributed by atoms with Crippen molar-refractivity contribution < 1.29 is 19.2 Å². The van der Waals surface area contributed by atoms with Gasteiger partial charge in [-0.05, 0) is 36.8 Å². The van der Waals surface area contributed by atoms with Crippen LogP contribution in [0.5, 0.6) is 0 Å².